The number of carbonyl (C=O) groups is 1. The van der Waals surface area contributed by atoms with Gasteiger partial charge in [-0.2, -0.15) is 0 Å². The Bertz CT molecular complexity index is 168. The Balaban J connectivity index is 2.67. The van der Waals surface area contributed by atoms with Gasteiger partial charge >= 0.3 is 5.97 Å². The van der Waals surface area contributed by atoms with E-state index in [4.69, 9.17) is 20.4 Å². The molecule has 1 rings (SSSR count). The molecule has 0 spiro atoms. The number of aliphatic hydroxyl groups excluding tert-OH is 3. The topological polar surface area (TPSA) is 107 Å². The van der Waals surface area contributed by atoms with Crippen LogP contribution in [0.25, 0.3) is 0 Å². The number of aliphatic carboxylic acids is 1. The van der Waals surface area contributed by atoms with Crippen LogP contribution in [-0.2, 0) is 9.53 Å². The number of rotatable bonds is 1. The zero-order valence-corrected chi connectivity index (χ0v) is 5.41. The van der Waals surface area contributed by atoms with Gasteiger partial charge in [0.05, 0.1) is 0 Å². The van der Waals surface area contributed by atoms with Crippen LogP contribution in [0.2, 0.25) is 0 Å². The highest BCUT2D eigenvalue weighted by atomic mass is 16.7. The number of hydrogen-bond donors (Lipinski definition) is 4. The summed E-state index contributed by atoms with van der Waals surface area (Å²) in [4.78, 5) is 10.2. The van der Waals surface area contributed by atoms with E-state index in [-0.39, 0.29) is 0 Å². The van der Waals surface area contributed by atoms with Gasteiger partial charge in [0.15, 0.2) is 12.4 Å². The van der Waals surface area contributed by atoms with E-state index in [0.717, 1.165) is 0 Å². The minimum atomic E-state index is -1.62. The van der Waals surface area contributed by atoms with Crippen LogP contribution in [0.15, 0.2) is 0 Å². The van der Waals surface area contributed by atoms with E-state index in [0.29, 0.717) is 0 Å². The second-order valence-electron chi connectivity index (χ2n) is 2.27. The zero-order valence-electron chi connectivity index (χ0n) is 5.41. The second-order valence-corrected chi connectivity index (χ2v) is 2.27. The molecule has 1 unspecified atom stereocenters. The van der Waals surface area contributed by atoms with Crippen LogP contribution >= 0.6 is 0 Å². The minimum absolute atomic E-state index is 1.41. The SMILES string of the molecule is O=C(O)[C@H]1OC(O)[C@H](O)[C@H]1O. The number of hydrogen-bond acceptors (Lipinski definition) is 5. The molecule has 0 aromatic heterocycles. The van der Waals surface area contributed by atoms with Gasteiger partial charge in [0.25, 0.3) is 0 Å². The molecule has 0 saturated carbocycles. The summed E-state index contributed by atoms with van der Waals surface area (Å²) in [7, 11) is 0. The van der Waals surface area contributed by atoms with Crippen molar-refractivity contribution in [3.05, 3.63) is 0 Å². The molecule has 1 aliphatic heterocycles. The molecule has 11 heavy (non-hydrogen) atoms. The van der Waals surface area contributed by atoms with Crippen LogP contribution < -0.4 is 0 Å². The van der Waals surface area contributed by atoms with Crippen LogP contribution in [-0.4, -0.2) is 51.0 Å². The van der Waals surface area contributed by atoms with Crippen molar-refractivity contribution in [3.8, 4) is 0 Å². The van der Waals surface area contributed by atoms with E-state index in [1.165, 1.54) is 0 Å². The Hall–Kier alpha value is -0.690. The minimum Gasteiger partial charge on any atom is -0.479 e. The summed E-state index contributed by atoms with van der Waals surface area (Å²) >= 11 is 0. The first-order chi connectivity index (χ1) is 5.04. The number of carboxylic acid groups (broad SMARTS) is 1. The van der Waals surface area contributed by atoms with E-state index < -0.39 is 30.6 Å². The molecule has 0 aromatic rings. The third kappa shape index (κ3) is 1.33. The highest BCUT2D eigenvalue weighted by molar-refractivity contribution is 5.73. The fourth-order valence-electron chi connectivity index (χ4n) is 0.863. The average molecular weight is 164 g/mol. The Labute approximate surface area is 61.6 Å². The monoisotopic (exact) mass is 164 g/mol. The third-order valence-electron chi connectivity index (χ3n) is 1.48. The summed E-state index contributed by atoms with van der Waals surface area (Å²) in [6.45, 7) is 0. The normalized spacial score (nSPS) is 44.3. The first-order valence-electron chi connectivity index (χ1n) is 2.96. The van der Waals surface area contributed by atoms with Crippen molar-refractivity contribution >= 4 is 5.97 Å². The highest BCUT2D eigenvalue weighted by Crippen LogP contribution is 2.19. The quantitative estimate of drug-likeness (QED) is 0.341. The largest absolute Gasteiger partial charge is 0.479 e. The molecule has 64 valence electrons. The fraction of sp³-hybridized carbons (Fsp3) is 0.800. The summed E-state index contributed by atoms with van der Waals surface area (Å²) < 4.78 is 4.30. The molecule has 1 saturated heterocycles. The smallest absolute Gasteiger partial charge is 0.335 e. The van der Waals surface area contributed by atoms with Gasteiger partial charge in [0, 0.05) is 0 Å². The lowest BCUT2D eigenvalue weighted by atomic mass is 10.1. The van der Waals surface area contributed by atoms with Crippen molar-refractivity contribution in [2.45, 2.75) is 24.6 Å². The predicted octanol–water partition coefficient (Wildman–Crippen LogP) is -2.49. The first kappa shape index (κ1) is 8.41. The Morgan fingerprint density at radius 3 is 1.91 bits per heavy atom. The maximum Gasteiger partial charge on any atom is 0.335 e. The van der Waals surface area contributed by atoms with Gasteiger partial charge in [-0.25, -0.2) is 4.79 Å². The summed E-state index contributed by atoms with van der Waals surface area (Å²) in [5.74, 6) is -1.41. The zero-order chi connectivity index (χ0) is 8.59. The molecule has 6 nitrogen and oxygen atoms in total. The molecule has 0 bridgehead atoms. The lowest BCUT2D eigenvalue weighted by Crippen LogP contribution is -2.36. The van der Waals surface area contributed by atoms with Gasteiger partial charge in [-0.05, 0) is 0 Å². The van der Waals surface area contributed by atoms with Gasteiger partial charge in [0.2, 0.25) is 0 Å². The Kier molecular flexibility index (Phi) is 2.10. The van der Waals surface area contributed by atoms with Crippen molar-refractivity contribution in [3.63, 3.8) is 0 Å². The Morgan fingerprint density at radius 1 is 1.18 bits per heavy atom. The lowest BCUT2D eigenvalue weighted by Gasteiger charge is -2.08. The van der Waals surface area contributed by atoms with Crippen molar-refractivity contribution in [2.75, 3.05) is 0 Å². The van der Waals surface area contributed by atoms with E-state index in [1.54, 1.807) is 0 Å². The standard InChI is InChI=1S/C5H8O6/c6-1-2(7)5(10)11-3(1)4(8)9/h1-3,5-7,10H,(H,8,9)/t1-,2-,3+,5?/m1/s1. The first-order valence-corrected chi connectivity index (χ1v) is 2.96. The predicted molar refractivity (Wildman–Crippen MR) is 30.5 cm³/mol. The molecule has 1 heterocycles. The van der Waals surface area contributed by atoms with Crippen molar-refractivity contribution < 1.29 is 30.0 Å². The lowest BCUT2D eigenvalue weighted by molar-refractivity contribution is -0.165. The molecular weight excluding hydrogens is 156 g/mol. The summed E-state index contributed by atoms with van der Waals surface area (Å²) in [5.41, 5.74) is 0. The van der Waals surface area contributed by atoms with Gasteiger partial charge < -0.3 is 25.2 Å². The van der Waals surface area contributed by atoms with Gasteiger partial charge in [-0.15, -0.1) is 0 Å². The molecule has 6 heteroatoms. The molecule has 0 aromatic carbocycles. The summed E-state index contributed by atoms with van der Waals surface area (Å²) in [5, 5.41) is 34.7. The summed E-state index contributed by atoms with van der Waals surface area (Å²) in [6.07, 6.45) is -6.27. The molecule has 1 fully saturated rings. The number of ether oxygens (including phenoxy) is 1. The molecule has 0 amide bonds. The molecule has 1 aliphatic rings. The number of carboxylic acids is 1. The molecular formula is C5H8O6. The van der Waals surface area contributed by atoms with Gasteiger partial charge in [-0.1, -0.05) is 0 Å². The molecule has 4 N–H and O–H groups in total. The van der Waals surface area contributed by atoms with Gasteiger partial charge in [-0.3, -0.25) is 0 Å². The van der Waals surface area contributed by atoms with E-state index in [1.807, 2.05) is 0 Å². The maximum atomic E-state index is 10.2. The van der Waals surface area contributed by atoms with E-state index >= 15 is 0 Å². The highest BCUT2D eigenvalue weighted by Gasteiger charge is 2.45. The second kappa shape index (κ2) is 2.74. The fourth-order valence-corrected chi connectivity index (χ4v) is 0.863. The van der Waals surface area contributed by atoms with Crippen molar-refractivity contribution in [1.82, 2.24) is 0 Å². The molecule has 0 aliphatic carbocycles. The number of aliphatic hydroxyl groups is 3. The molecule has 4 atom stereocenters. The Morgan fingerprint density at radius 2 is 1.73 bits per heavy atom. The third-order valence-corrected chi connectivity index (χ3v) is 1.48. The van der Waals surface area contributed by atoms with Crippen molar-refractivity contribution in [2.24, 2.45) is 0 Å². The van der Waals surface area contributed by atoms with Crippen LogP contribution in [0.3, 0.4) is 0 Å². The maximum absolute atomic E-state index is 10.2. The van der Waals surface area contributed by atoms with Crippen LogP contribution in [0, 0.1) is 0 Å². The van der Waals surface area contributed by atoms with Crippen LogP contribution in [0.5, 0.6) is 0 Å². The van der Waals surface area contributed by atoms with E-state index in [2.05, 4.69) is 4.74 Å². The summed E-state index contributed by atoms with van der Waals surface area (Å²) in [6, 6.07) is 0. The average Bonchev–Trinajstić information content (AvgIpc) is 2.17. The van der Waals surface area contributed by atoms with E-state index in [9.17, 15) is 4.79 Å². The van der Waals surface area contributed by atoms with Crippen LogP contribution in [0.4, 0.5) is 0 Å². The van der Waals surface area contributed by atoms with Crippen LogP contribution in [0.1, 0.15) is 0 Å². The molecule has 0 radical (unpaired) electrons. The van der Waals surface area contributed by atoms with Gasteiger partial charge in [0.1, 0.15) is 12.2 Å². The van der Waals surface area contributed by atoms with Crippen molar-refractivity contribution in [1.29, 1.82) is 0 Å².